The van der Waals surface area contributed by atoms with Crippen molar-refractivity contribution in [3.05, 3.63) is 23.8 Å². The molecule has 0 saturated carbocycles. The number of carbonyl (C=O) groups is 1. The molecular formula is C15H19F2NO3. The first kappa shape index (κ1) is 15.5. The highest BCUT2D eigenvalue weighted by Crippen LogP contribution is 2.30. The molecule has 0 aromatic heterocycles. The minimum Gasteiger partial charge on any atom is -0.493 e. The van der Waals surface area contributed by atoms with Crippen LogP contribution in [-0.4, -0.2) is 37.1 Å². The van der Waals surface area contributed by atoms with Gasteiger partial charge in [0.1, 0.15) is 0 Å². The second kappa shape index (κ2) is 6.74. The van der Waals surface area contributed by atoms with Gasteiger partial charge >= 0.3 is 6.61 Å². The van der Waals surface area contributed by atoms with E-state index in [1.807, 2.05) is 11.8 Å². The second-order valence-corrected chi connectivity index (χ2v) is 5.09. The molecule has 1 aromatic rings. The average molecular weight is 299 g/mol. The maximum Gasteiger partial charge on any atom is 0.387 e. The number of carbonyl (C=O) groups excluding carboxylic acids is 1. The van der Waals surface area contributed by atoms with Crippen LogP contribution in [0.4, 0.5) is 8.78 Å². The number of likely N-dealkylation sites (tertiary alicyclic amines) is 1. The van der Waals surface area contributed by atoms with Crippen LogP contribution < -0.4 is 9.47 Å². The number of piperidine rings is 1. The molecule has 4 nitrogen and oxygen atoms in total. The Morgan fingerprint density at radius 2 is 2.10 bits per heavy atom. The smallest absolute Gasteiger partial charge is 0.387 e. The molecule has 0 aliphatic carbocycles. The molecule has 0 N–H and O–H groups in total. The zero-order valence-electron chi connectivity index (χ0n) is 12.1. The van der Waals surface area contributed by atoms with Gasteiger partial charge in [-0.3, -0.25) is 4.79 Å². The summed E-state index contributed by atoms with van der Waals surface area (Å²) in [6.45, 7) is -0.192. The van der Waals surface area contributed by atoms with E-state index < -0.39 is 6.61 Å². The van der Waals surface area contributed by atoms with Gasteiger partial charge in [-0.25, -0.2) is 0 Å². The summed E-state index contributed by atoms with van der Waals surface area (Å²) in [4.78, 5) is 14.3. The Labute approximate surface area is 122 Å². The molecule has 1 atom stereocenters. The molecule has 1 aliphatic heterocycles. The predicted molar refractivity (Wildman–Crippen MR) is 74.0 cm³/mol. The van der Waals surface area contributed by atoms with Crippen LogP contribution in [0.15, 0.2) is 18.2 Å². The number of nitrogens with zero attached hydrogens (tertiary/aromatic N) is 1. The second-order valence-electron chi connectivity index (χ2n) is 5.09. The number of amides is 1. The molecule has 0 spiro atoms. The molecular weight excluding hydrogens is 280 g/mol. The summed E-state index contributed by atoms with van der Waals surface area (Å²) < 4.78 is 33.9. The van der Waals surface area contributed by atoms with Gasteiger partial charge in [0.2, 0.25) is 0 Å². The Morgan fingerprint density at radius 3 is 2.71 bits per heavy atom. The van der Waals surface area contributed by atoms with Crippen LogP contribution in [0.1, 0.15) is 36.5 Å². The van der Waals surface area contributed by atoms with Gasteiger partial charge in [-0.2, -0.15) is 8.78 Å². The molecule has 6 heteroatoms. The quantitative estimate of drug-likeness (QED) is 0.856. The van der Waals surface area contributed by atoms with E-state index in [0.717, 1.165) is 25.8 Å². The third-order valence-electron chi connectivity index (χ3n) is 3.69. The molecule has 1 aromatic carbocycles. The molecule has 1 heterocycles. The van der Waals surface area contributed by atoms with Gasteiger partial charge < -0.3 is 14.4 Å². The van der Waals surface area contributed by atoms with Crippen molar-refractivity contribution in [3.8, 4) is 11.5 Å². The van der Waals surface area contributed by atoms with Crippen molar-refractivity contribution in [1.82, 2.24) is 4.90 Å². The van der Waals surface area contributed by atoms with E-state index in [2.05, 4.69) is 4.74 Å². The number of ether oxygens (including phenoxy) is 2. The van der Waals surface area contributed by atoms with Crippen molar-refractivity contribution in [2.75, 3.05) is 13.7 Å². The number of alkyl halides is 2. The van der Waals surface area contributed by atoms with E-state index in [1.54, 1.807) is 0 Å². The van der Waals surface area contributed by atoms with Crippen LogP contribution in [0, 0.1) is 0 Å². The number of benzene rings is 1. The molecule has 1 fully saturated rings. The fourth-order valence-corrected chi connectivity index (χ4v) is 2.56. The lowest BCUT2D eigenvalue weighted by Crippen LogP contribution is -2.42. The first-order valence-electron chi connectivity index (χ1n) is 6.96. The molecule has 1 amide bonds. The van der Waals surface area contributed by atoms with E-state index >= 15 is 0 Å². The van der Waals surface area contributed by atoms with Crippen molar-refractivity contribution in [2.24, 2.45) is 0 Å². The van der Waals surface area contributed by atoms with Crippen LogP contribution in [0.25, 0.3) is 0 Å². The number of hydrogen-bond acceptors (Lipinski definition) is 3. The molecule has 1 saturated heterocycles. The zero-order valence-corrected chi connectivity index (χ0v) is 12.1. The van der Waals surface area contributed by atoms with Crippen molar-refractivity contribution in [3.63, 3.8) is 0 Å². The van der Waals surface area contributed by atoms with E-state index in [1.165, 1.54) is 25.3 Å². The van der Waals surface area contributed by atoms with Gasteiger partial charge in [-0.05, 0) is 44.4 Å². The lowest BCUT2D eigenvalue weighted by Gasteiger charge is -2.33. The average Bonchev–Trinajstić information content (AvgIpc) is 2.47. The topological polar surface area (TPSA) is 38.8 Å². The normalized spacial score (nSPS) is 18.7. The maximum absolute atomic E-state index is 12.5. The van der Waals surface area contributed by atoms with Gasteiger partial charge in [0.05, 0.1) is 7.11 Å². The minimum absolute atomic E-state index is 0.0734. The van der Waals surface area contributed by atoms with E-state index in [-0.39, 0.29) is 23.4 Å². The van der Waals surface area contributed by atoms with Gasteiger partial charge in [-0.1, -0.05) is 0 Å². The SMILES string of the molecule is COc1cc(C(=O)N2CCCCC2C)ccc1OC(F)F. The van der Waals surface area contributed by atoms with Gasteiger partial charge in [0.25, 0.3) is 5.91 Å². The third kappa shape index (κ3) is 3.62. The van der Waals surface area contributed by atoms with E-state index in [0.29, 0.717) is 5.56 Å². The summed E-state index contributed by atoms with van der Waals surface area (Å²) in [7, 11) is 1.35. The van der Waals surface area contributed by atoms with Crippen LogP contribution in [-0.2, 0) is 0 Å². The highest BCUT2D eigenvalue weighted by Gasteiger charge is 2.25. The summed E-state index contributed by atoms with van der Waals surface area (Å²) in [6, 6.07) is 4.47. The summed E-state index contributed by atoms with van der Waals surface area (Å²) in [6.07, 6.45) is 3.09. The van der Waals surface area contributed by atoms with Crippen molar-refractivity contribution in [2.45, 2.75) is 38.8 Å². The van der Waals surface area contributed by atoms with E-state index in [9.17, 15) is 13.6 Å². The lowest BCUT2D eigenvalue weighted by molar-refractivity contribution is -0.0512. The van der Waals surface area contributed by atoms with Crippen LogP contribution in [0.2, 0.25) is 0 Å². The largest absolute Gasteiger partial charge is 0.493 e. The molecule has 2 rings (SSSR count). The summed E-state index contributed by atoms with van der Waals surface area (Å²) >= 11 is 0. The summed E-state index contributed by atoms with van der Waals surface area (Å²) in [5, 5.41) is 0. The number of halogens is 2. The minimum atomic E-state index is -2.93. The molecule has 0 radical (unpaired) electrons. The Morgan fingerprint density at radius 1 is 1.33 bits per heavy atom. The number of methoxy groups -OCH3 is 1. The molecule has 21 heavy (non-hydrogen) atoms. The van der Waals surface area contributed by atoms with E-state index in [4.69, 9.17) is 4.74 Å². The molecule has 0 bridgehead atoms. The highest BCUT2D eigenvalue weighted by atomic mass is 19.3. The summed E-state index contributed by atoms with van der Waals surface area (Å²) in [5.74, 6) is -0.0503. The highest BCUT2D eigenvalue weighted by molar-refractivity contribution is 5.95. The molecule has 116 valence electrons. The zero-order chi connectivity index (χ0) is 15.4. The Balaban J connectivity index is 2.21. The van der Waals surface area contributed by atoms with Gasteiger partial charge in [0.15, 0.2) is 11.5 Å². The van der Waals surface area contributed by atoms with Crippen molar-refractivity contribution in [1.29, 1.82) is 0 Å². The predicted octanol–water partition coefficient (Wildman–Crippen LogP) is 3.31. The van der Waals surface area contributed by atoms with Crippen molar-refractivity contribution >= 4 is 5.91 Å². The number of hydrogen-bond donors (Lipinski definition) is 0. The van der Waals surface area contributed by atoms with Crippen LogP contribution in [0.5, 0.6) is 11.5 Å². The fraction of sp³-hybridized carbons (Fsp3) is 0.533. The van der Waals surface area contributed by atoms with Gasteiger partial charge in [0, 0.05) is 18.2 Å². The number of rotatable bonds is 4. The van der Waals surface area contributed by atoms with Crippen molar-refractivity contribution < 1.29 is 23.0 Å². The molecule has 1 aliphatic rings. The lowest BCUT2D eigenvalue weighted by atomic mass is 10.0. The first-order chi connectivity index (χ1) is 10.0. The monoisotopic (exact) mass is 299 g/mol. The maximum atomic E-state index is 12.5. The fourth-order valence-electron chi connectivity index (χ4n) is 2.56. The van der Waals surface area contributed by atoms with Gasteiger partial charge in [-0.15, -0.1) is 0 Å². The Bertz CT molecular complexity index is 508. The Hall–Kier alpha value is -1.85. The molecule has 1 unspecified atom stereocenters. The first-order valence-corrected chi connectivity index (χ1v) is 6.96. The van der Waals surface area contributed by atoms with Crippen LogP contribution in [0.3, 0.4) is 0 Å². The van der Waals surface area contributed by atoms with Crippen LogP contribution >= 0.6 is 0 Å². The Kier molecular flexibility index (Phi) is 4.98. The standard InChI is InChI=1S/C15H19F2NO3/c1-10-5-3-4-8-18(10)14(19)11-6-7-12(21-15(16)17)13(9-11)20-2/h6-7,9-10,15H,3-5,8H2,1-2H3. The summed E-state index contributed by atoms with van der Waals surface area (Å²) in [5.41, 5.74) is 0.419. The third-order valence-corrected chi connectivity index (χ3v) is 3.69.